The van der Waals surface area contributed by atoms with Crippen molar-refractivity contribution in [1.82, 2.24) is 15.2 Å². The number of aromatic nitrogens is 1. The molecule has 0 radical (unpaired) electrons. The highest BCUT2D eigenvalue weighted by Gasteiger charge is 2.08. The lowest BCUT2D eigenvalue weighted by molar-refractivity contribution is -0.117. The van der Waals surface area contributed by atoms with Crippen LogP contribution in [0.1, 0.15) is 26.0 Å². The number of pyridine rings is 1. The number of nitrogens with one attached hydrogen (secondary N) is 1. The van der Waals surface area contributed by atoms with Gasteiger partial charge in [-0.2, -0.15) is 0 Å². The number of rotatable bonds is 9. The van der Waals surface area contributed by atoms with Crippen molar-refractivity contribution in [2.45, 2.75) is 26.7 Å². The van der Waals surface area contributed by atoms with Gasteiger partial charge in [0.1, 0.15) is 0 Å². The molecule has 0 aliphatic heterocycles. The molecule has 1 N–H and O–H groups in total. The Morgan fingerprint density at radius 1 is 1.35 bits per heavy atom. The molecular weight excluding hydrogens is 250 g/mol. The predicted molar refractivity (Wildman–Crippen MR) is 82.5 cm³/mol. The minimum Gasteiger partial charge on any atom is -0.352 e. The molecule has 0 unspecified atom stereocenters. The molecule has 0 bridgehead atoms. The van der Waals surface area contributed by atoms with Gasteiger partial charge < -0.3 is 10.2 Å². The largest absolute Gasteiger partial charge is 0.352 e. The van der Waals surface area contributed by atoms with Crippen LogP contribution in [0, 0.1) is 0 Å². The van der Waals surface area contributed by atoms with Crippen LogP contribution in [0.2, 0.25) is 0 Å². The first-order valence-electron chi connectivity index (χ1n) is 7.25. The van der Waals surface area contributed by atoms with Gasteiger partial charge in [-0.1, -0.05) is 26.5 Å². The van der Waals surface area contributed by atoms with Crippen molar-refractivity contribution in [3.05, 3.63) is 42.2 Å². The first kappa shape index (κ1) is 16.4. The fourth-order valence-electron chi connectivity index (χ4n) is 1.92. The molecule has 4 heteroatoms. The van der Waals surface area contributed by atoms with Crippen molar-refractivity contribution in [2.75, 3.05) is 26.2 Å². The molecule has 20 heavy (non-hydrogen) atoms. The summed E-state index contributed by atoms with van der Waals surface area (Å²) in [5.41, 5.74) is 1.64. The van der Waals surface area contributed by atoms with Crippen LogP contribution in [0.25, 0.3) is 0 Å². The van der Waals surface area contributed by atoms with E-state index in [2.05, 4.69) is 35.6 Å². The Kier molecular flexibility index (Phi) is 7.58. The van der Waals surface area contributed by atoms with Crippen LogP contribution < -0.4 is 5.32 Å². The number of amides is 1. The molecule has 0 atom stereocenters. The van der Waals surface area contributed by atoms with Gasteiger partial charge in [0.15, 0.2) is 0 Å². The Labute approximate surface area is 121 Å². The van der Waals surface area contributed by atoms with E-state index < -0.39 is 0 Å². The molecule has 0 aliphatic rings. The minimum absolute atomic E-state index is 0.0481. The van der Waals surface area contributed by atoms with E-state index in [0.29, 0.717) is 12.1 Å². The first-order chi connectivity index (χ1) is 9.67. The molecule has 0 aliphatic carbocycles. The fraction of sp³-hybridized carbons (Fsp3) is 0.500. The Morgan fingerprint density at radius 3 is 2.70 bits per heavy atom. The van der Waals surface area contributed by atoms with Crippen LogP contribution in [0.4, 0.5) is 0 Å². The SMILES string of the molecule is C=C(CCN(CC)CC)C(=O)NCCc1ccccn1. The standard InChI is InChI=1S/C16H25N3O/c1-4-19(5-2)13-10-14(3)16(20)18-12-9-15-8-6-7-11-17-15/h6-8,11H,3-5,9-10,12-13H2,1-2H3,(H,18,20). The Hall–Kier alpha value is -1.68. The minimum atomic E-state index is -0.0481. The van der Waals surface area contributed by atoms with Crippen LogP contribution in [0.15, 0.2) is 36.5 Å². The molecule has 0 saturated carbocycles. The lowest BCUT2D eigenvalue weighted by atomic mass is 10.2. The van der Waals surface area contributed by atoms with E-state index in [4.69, 9.17) is 0 Å². The van der Waals surface area contributed by atoms with Gasteiger partial charge >= 0.3 is 0 Å². The van der Waals surface area contributed by atoms with Crippen molar-refractivity contribution in [3.63, 3.8) is 0 Å². The number of nitrogens with zero attached hydrogens (tertiary/aromatic N) is 2. The summed E-state index contributed by atoms with van der Waals surface area (Å²) in [5.74, 6) is -0.0481. The molecule has 4 nitrogen and oxygen atoms in total. The highest BCUT2D eigenvalue weighted by Crippen LogP contribution is 2.01. The predicted octanol–water partition coefficient (Wildman–Crippen LogP) is 2.03. The molecule has 0 fully saturated rings. The topological polar surface area (TPSA) is 45.2 Å². The van der Waals surface area contributed by atoms with Crippen LogP contribution in [-0.4, -0.2) is 42.0 Å². The zero-order chi connectivity index (χ0) is 14.8. The lowest BCUT2D eigenvalue weighted by Gasteiger charge is -2.18. The summed E-state index contributed by atoms with van der Waals surface area (Å²) in [6.07, 6.45) is 3.23. The monoisotopic (exact) mass is 275 g/mol. The summed E-state index contributed by atoms with van der Waals surface area (Å²) in [7, 11) is 0. The van der Waals surface area contributed by atoms with Gasteiger partial charge in [0.2, 0.25) is 5.91 Å². The van der Waals surface area contributed by atoms with Gasteiger partial charge in [-0.25, -0.2) is 0 Å². The van der Waals surface area contributed by atoms with Crippen LogP contribution in [-0.2, 0) is 11.2 Å². The van der Waals surface area contributed by atoms with E-state index in [1.54, 1.807) is 6.20 Å². The maximum absolute atomic E-state index is 11.9. The van der Waals surface area contributed by atoms with Crippen molar-refractivity contribution < 1.29 is 4.79 Å². The van der Waals surface area contributed by atoms with E-state index in [1.165, 1.54) is 0 Å². The van der Waals surface area contributed by atoms with Gasteiger partial charge in [-0.15, -0.1) is 0 Å². The third-order valence-corrected chi connectivity index (χ3v) is 3.34. The fourth-order valence-corrected chi connectivity index (χ4v) is 1.92. The molecule has 0 saturated heterocycles. The number of hydrogen-bond acceptors (Lipinski definition) is 3. The van der Waals surface area contributed by atoms with Crippen molar-refractivity contribution in [2.24, 2.45) is 0 Å². The molecule has 0 aromatic carbocycles. The van der Waals surface area contributed by atoms with E-state index in [-0.39, 0.29) is 5.91 Å². The molecular formula is C16H25N3O. The van der Waals surface area contributed by atoms with Crippen LogP contribution in [0.5, 0.6) is 0 Å². The average Bonchev–Trinajstić information content (AvgIpc) is 2.49. The quantitative estimate of drug-likeness (QED) is 0.701. The van der Waals surface area contributed by atoms with E-state index in [1.807, 2.05) is 18.2 Å². The van der Waals surface area contributed by atoms with Crippen molar-refractivity contribution in [3.8, 4) is 0 Å². The van der Waals surface area contributed by atoms with Gasteiger partial charge in [-0.05, 0) is 31.6 Å². The maximum Gasteiger partial charge on any atom is 0.246 e. The van der Waals surface area contributed by atoms with Gasteiger partial charge in [0.25, 0.3) is 0 Å². The second kappa shape index (κ2) is 9.26. The molecule has 1 rings (SSSR count). The molecule has 1 aromatic heterocycles. The molecule has 1 heterocycles. The van der Waals surface area contributed by atoms with Gasteiger partial charge in [0.05, 0.1) is 0 Å². The normalized spacial score (nSPS) is 10.6. The zero-order valence-electron chi connectivity index (χ0n) is 12.6. The van der Waals surface area contributed by atoms with Gasteiger partial charge in [0, 0.05) is 37.0 Å². The summed E-state index contributed by atoms with van der Waals surface area (Å²) in [5, 5.41) is 2.89. The lowest BCUT2D eigenvalue weighted by Crippen LogP contribution is -2.30. The third kappa shape index (κ3) is 5.97. The number of hydrogen-bond donors (Lipinski definition) is 1. The summed E-state index contributed by atoms with van der Waals surface area (Å²) in [6, 6.07) is 5.80. The molecule has 0 spiro atoms. The maximum atomic E-state index is 11.9. The van der Waals surface area contributed by atoms with Crippen LogP contribution in [0.3, 0.4) is 0 Å². The van der Waals surface area contributed by atoms with E-state index in [0.717, 1.165) is 38.2 Å². The average molecular weight is 275 g/mol. The van der Waals surface area contributed by atoms with E-state index in [9.17, 15) is 4.79 Å². The zero-order valence-corrected chi connectivity index (χ0v) is 12.6. The Balaban J connectivity index is 2.23. The highest BCUT2D eigenvalue weighted by molar-refractivity contribution is 5.92. The van der Waals surface area contributed by atoms with Crippen LogP contribution >= 0.6 is 0 Å². The van der Waals surface area contributed by atoms with Crippen molar-refractivity contribution >= 4 is 5.91 Å². The summed E-state index contributed by atoms with van der Waals surface area (Å²) in [4.78, 5) is 18.4. The number of carbonyl (C=O) groups is 1. The first-order valence-corrected chi connectivity index (χ1v) is 7.25. The van der Waals surface area contributed by atoms with Gasteiger partial charge in [-0.3, -0.25) is 9.78 Å². The summed E-state index contributed by atoms with van der Waals surface area (Å²) in [6.45, 7) is 11.6. The van der Waals surface area contributed by atoms with Crippen molar-refractivity contribution in [1.29, 1.82) is 0 Å². The smallest absolute Gasteiger partial charge is 0.246 e. The third-order valence-electron chi connectivity index (χ3n) is 3.34. The van der Waals surface area contributed by atoms with E-state index >= 15 is 0 Å². The Morgan fingerprint density at radius 2 is 2.10 bits per heavy atom. The molecule has 1 amide bonds. The second-order valence-electron chi connectivity index (χ2n) is 4.71. The molecule has 110 valence electrons. The second-order valence-corrected chi connectivity index (χ2v) is 4.71. The Bertz CT molecular complexity index is 413. The highest BCUT2D eigenvalue weighted by atomic mass is 16.1. The number of carbonyl (C=O) groups excluding carboxylic acids is 1. The molecule has 1 aromatic rings. The summed E-state index contributed by atoms with van der Waals surface area (Å²) >= 11 is 0. The summed E-state index contributed by atoms with van der Waals surface area (Å²) < 4.78 is 0.